The summed E-state index contributed by atoms with van der Waals surface area (Å²) in [5, 5.41) is 3.64. The summed E-state index contributed by atoms with van der Waals surface area (Å²) in [4.78, 5) is 0. The van der Waals surface area contributed by atoms with E-state index in [1.54, 1.807) is 0 Å². The van der Waals surface area contributed by atoms with Crippen molar-refractivity contribution in [3.05, 3.63) is 29.8 Å². The molecule has 1 spiro atoms. The van der Waals surface area contributed by atoms with Crippen LogP contribution in [0.2, 0.25) is 0 Å². The van der Waals surface area contributed by atoms with Crippen LogP contribution in [0.3, 0.4) is 0 Å². The summed E-state index contributed by atoms with van der Waals surface area (Å²) < 4.78 is 12.3. The first-order chi connectivity index (χ1) is 8.86. The molecule has 1 saturated heterocycles. The minimum Gasteiger partial charge on any atom is -0.491 e. The van der Waals surface area contributed by atoms with Gasteiger partial charge in [-0.05, 0) is 18.9 Å². The second kappa shape index (κ2) is 3.97. The highest BCUT2D eigenvalue weighted by Gasteiger charge is 2.46. The molecule has 2 atom stereocenters. The second-order valence-corrected chi connectivity index (χ2v) is 5.76. The highest BCUT2D eigenvalue weighted by atomic mass is 16.5. The fourth-order valence-electron chi connectivity index (χ4n) is 3.58. The number of fused-ring (bicyclic) bond motifs is 3. The molecule has 3 heteroatoms. The number of ether oxygens (including phenoxy) is 2. The number of nitrogens with one attached hydrogen (secondary N) is 1. The molecule has 1 aromatic rings. The van der Waals surface area contributed by atoms with Crippen molar-refractivity contribution in [1.29, 1.82) is 0 Å². The van der Waals surface area contributed by atoms with Gasteiger partial charge in [0, 0.05) is 12.1 Å². The van der Waals surface area contributed by atoms with E-state index in [-0.39, 0.29) is 11.7 Å². The second-order valence-electron chi connectivity index (χ2n) is 5.76. The summed E-state index contributed by atoms with van der Waals surface area (Å²) >= 11 is 0. The third kappa shape index (κ3) is 1.57. The van der Waals surface area contributed by atoms with Crippen molar-refractivity contribution >= 4 is 0 Å². The smallest absolute Gasteiger partial charge is 0.125 e. The molecular formula is C15H19NO2. The van der Waals surface area contributed by atoms with Gasteiger partial charge in [0.2, 0.25) is 0 Å². The van der Waals surface area contributed by atoms with E-state index in [0.717, 1.165) is 18.9 Å². The fourth-order valence-corrected chi connectivity index (χ4v) is 3.58. The molecule has 0 radical (unpaired) electrons. The van der Waals surface area contributed by atoms with Crippen LogP contribution in [0.5, 0.6) is 5.75 Å². The van der Waals surface area contributed by atoms with Crippen LogP contribution in [-0.2, 0) is 4.74 Å². The number of hydrogen-bond donors (Lipinski definition) is 1. The molecule has 1 aromatic carbocycles. The molecule has 1 saturated carbocycles. The number of rotatable bonds is 0. The van der Waals surface area contributed by atoms with Gasteiger partial charge in [0.15, 0.2) is 0 Å². The molecule has 0 aromatic heterocycles. The summed E-state index contributed by atoms with van der Waals surface area (Å²) in [6.07, 6.45) is 5.18. The monoisotopic (exact) mass is 245 g/mol. The van der Waals surface area contributed by atoms with Gasteiger partial charge in [0.05, 0.1) is 11.6 Å². The Bertz CT molecular complexity index is 454. The minimum absolute atomic E-state index is 0.0889. The fraction of sp³-hybridized carbons (Fsp3) is 0.600. The first kappa shape index (κ1) is 10.8. The van der Waals surface area contributed by atoms with Gasteiger partial charge in [0.1, 0.15) is 18.5 Å². The van der Waals surface area contributed by atoms with Gasteiger partial charge >= 0.3 is 0 Å². The number of morpholine rings is 1. The zero-order valence-corrected chi connectivity index (χ0v) is 10.5. The molecule has 0 bridgehead atoms. The van der Waals surface area contributed by atoms with Gasteiger partial charge in [-0.25, -0.2) is 0 Å². The van der Waals surface area contributed by atoms with Gasteiger partial charge < -0.3 is 14.8 Å². The van der Waals surface area contributed by atoms with Crippen molar-refractivity contribution in [2.24, 2.45) is 0 Å². The average Bonchev–Trinajstić information content (AvgIpc) is 2.87. The molecule has 2 heterocycles. The largest absolute Gasteiger partial charge is 0.491 e. The standard InChI is InChI=1S/C15H19NO2/c1-2-6-13-11(5-1)14-12(9-17-13)16-10-15(18-14)7-3-4-8-15/h1-2,5-6,12,14,16H,3-4,7-10H2. The van der Waals surface area contributed by atoms with Crippen molar-refractivity contribution < 1.29 is 9.47 Å². The highest BCUT2D eigenvalue weighted by Crippen LogP contribution is 2.44. The van der Waals surface area contributed by atoms with Crippen molar-refractivity contribution in [3.8, 4) is 5.75 Å². The van der Waals surface area contributed by atoms with Gasteiger partial charge in [-0.15, -0.1) is 0 Å². The summed E-state index contributed by atoms with van der Waals surface area (Å²) in [7, 11) is 0. The average molecular weight is 245 g/mol. The molecule has 4 rings (SSSR count). The molecule has 96 valence electrons. The maximum atomic E-state index is 6.52. The molecule has 0 amide bonds. The minimum atomic E-state index is 0.0889. The molecule has 2 unspecified atom stereocenters. The lowest BCUT2D eigenvalue weighted by Gasteiger charge is -2.46. The zero-order valence-electron chi connectivity index (χ0n) is 10.5. The van der Waals surface area contributed by atoms with Crippen LogP contribution in [0.15, 0.2) is 24.3 Å². The third-order valence-electron chi connectivity index (χ3n) is 4.59. The lowest BCUT2D eigenvalue weighted by atomic mass is 9.92. The number of benzene rings is 1. The molecule has 18 heavy (non-hydrogen) atoms. The van der Waals surface area contributed by atoms with E-state index in [2.05, 4.69) is 17.4 Å². The van der Waals surface area contributed by atoms with Crippen molar-refractivity contribution in [1.82, 2.24) is 5.32 Å². The normalized spacial score (nSPS) is 32.7. The van der Waals surface area contributed by atoms with E-state index in [4.69, 9.17) is 9.47 Å². The van der Waals surface area contributed by atoms with Crippen LogP contribution in [0.1, 0.15) is 37.4 Å². The summed E-state index contributed by atoms with van der Waals surface area (Å²) in [5.41, 5.74) is 1.30. The first-order valence-corrected chi connectivity index (χ1v) is 6.99. The zero-order chi connectivity index (χ0) is 12.0. The van der Waals surface area contributed by atoms with E-state index < -0.39 is 0 Å². The van der Waals surface area contributed by atoms with Crippen LogP contribution in [0, 0.1) is 0 Å². The predicted molar refractivity (Wildman–Crippen MR) is 68.8 cm³/mol. The Labute approximate surface area is 107 Å². The first-order valence-electron chi connectivity index (χ1n) is 6.99. The maximum Gasteiger partial charge on any atom is 0.125 e. The van der Waals surface area contributed by atoms with Crippen LogP contribution in [0.25, 0.3) is 0 Å². The quantitative estimate of drug-likeness (QED) is 0.761. The van der Waals surface area contributed by atoms with Crippen LogP contribution in [-0.4, -0.2) is 24.8 Å². The summed E-state index contributed by atoms with van der Waals surface area (Å²) in [6, 6.07) is 8.60. The Morgan fingerprint density at radius 2 is 2.00 bits per heavy atom. The van der Waals surface area contributed by atoms with Gasteiger partial charge in [-0.1, -0.05) is 31.0 Å². The summed E-state index contributed by atoms with van der Waals surface area (Å²) in [6.45, 7) is 1.71. The Kier molecular flexibility index (Phi) is 2.39. The van der Waals surface area contributed by atoms with Crippen LogP contribution >= 0.6 is 0 Å². The third-order valence-corrected chi connectivity index (χ3v) is 4.59. The number of para-hydroxylation sites is 1. The van der Waals surface area contributed by atoms with Gasteiger partial charge in [-0.2, -0.15) is 0 Å². The molecule has 2 aliphatic heterocycles. The maximum absolute atomic E-state index is 6.52. The molecule has 3 nitrogen and oxygen atoms in total. The SMILES string of the molecule is c1ccc2c(c1)OCC1NCC3(CCCC3)OC21. The van der Waals surface area contributed by atoms with Crippen molar-refractivity contribution in [3.63, 3.8) is 0 Å². The molecule has 1 aliphatic carbocycles. The van der Waals surface area contributed by atoms with E-state index >= 15 is 0 Å². The van der Waals surface area contributed by atoms with E-state index in [0.29, 0.717) is 6.04 Å². The summed E-state index contributed by atoms with van der Waals surface area (Å²) in [5.74, 6) is 0.996. The van der Waals surface area contributed by atoms with Crippen LogP contribution < -0.4 is 10.1 Å². The Morgan fingerprint density at radius 3 is 2.89 bits per heavy atom. The van der Waals surface area contributed by atoms with Gasteiger partial charge in [0.25, 0.3) is 0 Å². The molecular weight excluding hydrogens is 226 g/mol. The topological polar surface area (TPSA) is 30.5 Å². The molecule has 1 N–H and O–H groups in total. The van der Waals surface area contributed by atoms with E-state index in [1.807, 2.05) is 12.1 Å². The Balaban J connectivity index is 1.68. The van der Waals surface area contributed by atoms with Crippen molar-refractivity contribution in [2.75, 3.05) is 13.2 Å². The van der Waals surface area contributed by atoms with E-state index in [1.165, 1.54) is 31.2 Å². The highest BCUT2D eigenvalue weighted by molar-refractivity contribution is 5.38. The number of hydrogen-bond acceptors (Lipinski definition) is 3. The lowest BCUT2D eigenvalue weighted by Crippen LogP contribution is -2.57. The molecule has 3 aliphatic rings. The Hall–Kier alpha value is -1.06. The van der Waals surface area contributed by atoms with Crippen LogP contribution in [0.4, 0.5) is 0 Å². The lowest BCUT2D eigenvalue weighted by molar-refractivity contribution is -0.145. The van der Waals surface area contributed by atoms with Crippen molar-refractivity contribution in [2.45, 2.75) is 43.4 Å². The van der Waals surface area contributed by atoms with E-state index in [9.17, 15) is 0 Å². The van der Waals surface area contributed by atoms with Gasteiger partial charge in [-0.3, -0.25) is 0 Å². The Morgan fingerprint density at radius 1 is 1.17 bits per heavy atom. The molecule has 2 fully saturated rings. The predicted octanol–water partition coefficient (Wildman–Crippen LogP) is 2.42.